The van der Waals surface area contributed by atoms with Crippen molar-refractivity contribution in [2.45, 2.75) is 13.3 Å². The molecule has 0 radical (unpaired) electrons. The summed E-state index contributed by atoms with van der Waals surface area (Å²) in [7, 11) is 0. The van der Waals surface area contributed by atoms with Gasteiger partial charge in [-0.3, -0.25) is 9.59 Å². The summed E-state index contributed by atoms with van der Waals surface area (Å²) < 4.78 is 0. The monoisotopic (exact) mass is 207 g/mol. The van der Waals surface area contributed by atoms with Crippen LogP contribution in [0.25, 0.3) is 0 Å². The summed E-state index contributed by atoms with van der Waals surface area (Å²) in [5.41, 5.74) is 0.373. The van der Waals surface area contributed by atoms with Gasteiger partial charge in [0, 0.05) is 12.7 Å². The van der Waals surface area contributed by atoms with Gasteiger partial charge in [-0.25, -0.2) is 4.98 Å². The number of hydrogen-bond acceptors (Lipinski definition) is 3. The van der Waals surface area contributed by atoms with E-state index in [-0.39, 0.29) is 11.7 Å². The molecule has 0 saturated carbocycles. The van der Waals surface area contributed by atoms with Crippen molar-refractivity contribution in [2.24, 2.45) is 0 Å². The van der Waals surface area contributed by atoms with Gasteiger partial charge < -0.3 is 10.6 Å². The van der Waals surface area contributed by atoms with E-state index in [1.165, 1.54) is 6.20 Å². The molecule has 5 nitrogen and oxygen atoms in total. The van der Waals surface area contributed by atoms with Crippen LogP contribution in [0.4, 0.5) is 5.82 Å². The fourth-order valence-electron chi connectivity index (χ4n) is 1.09. The van der Waals surface area contributed by atoms with E-state index in [1.54, 1.807) is 12.1 Å². The lowest BCUT2D eigenvalue weighted by molar-refractivity contribution is -0.105. The van der Waals surface area contributed by atoms with E-state index in [4.69, 9.17) is 0 Å². The van der Waals surface area contributed by atoms with Crippen LogP contribution in [0.15, 0.2) is 18.3 Å². The first-order valence-corrected chi connectivity index (χ1v) is 4.73. The maximum absolute atomic E-state index is 11.6. The van der Waals surface area contributed by atoms with Crippen LogP contribution in [-0.4, -0.2) is 23.8 Å². The molecular weight excluding hydrogens is 194 g/mol. The largest absolute Gasteiger partial charge is 0.352 e. The fraction of sp³-hybridized carbons (Fsp3) is 0.300. The molecule has 0 saturated heterocycles. The molecule has 15 heavy (non-hydrogen) atoms. The molecule has 1 aromatic rings. The zero-order valence-corrected chi connectivity index (χ0v) is 8.49. The molecule has 80 valence electrons. The summed E-state index contributed by atoms with van der Waals surface area (Å²) in [4.78, 5) is 25.8. The van der Waals surface area contributed by atoms with Gasteiger partial charge >= 0.3 is 0 Å². The highest BCUT2D eigenvalue weighted by atomic mass is 16.2. The lowest BCUT2D eigenvalue weighted by Gasteiger charge is -2.06. The molecule has 0 bridgehead atoms. The number of aromatic nitrogens is 1. The molecule has 0 aliphatic carbocycles. The van der Waals surface area contributed by atoms with E-state index in [0.29, 0.717) is 18.5 Å². The van der Waals surface area contributed by atoms with Gasteiger partial charge in [-0.15, -0.1) is 0 Å². The molecule has 1 aromatic heterocycles. The Bertz CT molecular complexity index is 352. The third-order valence-electron chi connectivity index (χ3n) is 1.78. The van der Waals surface area contributed by atoms with Gasteiger partial charge in [0.1, 0.15) is 5.82 Å². The number of carbonyl (C=O) groups is 2. The summed E-state index contributed by atoms with van der Waals surface area (Å²) in [6.07, 6.45) is 2.88. The van der Waals surface area contributed by atoms with Crippen molar-refractivity contribution < 1.29 is 9.59 Å². The molecule has 0 fully saturated rings. The molecule has 2 N–H and O–H groups in total. The average molecular weight is 207 g/mol. The van der Waals surface area contributed by atoms with E-state index >= 15 is 0 Å². The Labute approximate surface area is 87.9 Å². The lowest BCUT2D eigenvalue weighted by atomic mass is 10.2. The van der Waals surface area contributed by atoms with E-state index in [2.05, 4.69) is 15.6 Å². The zero-order valence-electron chi connectivity index (χ0n) is 8.49. The molecule has 0 atom stereocenters. The first kappa shape index (κ1) is 11.2. The Balaban J connectivity index is 2.82. The van der Waals surface area contributed by atoms with Crippen LogP contribution in [0.3, 0.4) is 0 Å². The van der Waals surface area contributed by atoms with Crippen molar-refractivity contribution in [3.05, 3.63) is 23.9 Å². The average Bonchev–Trinajstić information content (AvgIpc) is 2.27. The van der Waals surface area contributed by atoms with E-state index in [1.807, 2.05) is 6.92 Å². The first-order chi connectivity index (χ1) is 7.29. The predicted octanol–water partition coefficient (Wildman–Crippen LogP) is 0.790. The Morgan fingerprint density at radius 3 is 3.07 bits per heavy atom. The Morgan fingerprint density at radius 2 is 2.40 bits per heavy atom. The molecule has 1 heterocycles. The number of nitrogens with zero attached hydrogens (tertiary/aromatic N) is 1. The smallest absolute Gasteiger partial charge is 0.255 e. The molecule has 0 spiro atoms. The number of pyridine rings is 1. The number of anilines is 1. The summed E-state index contributed by atoms with van der Waals surface area (Å²) >= 11 is 0. The van der Waals surface area contributed by atoms with Crippen LogP contribution in [0, 0.1) is 0 Å². The molecule has 0 aliphatic heterocycles. The Kier molecular flexibility index (Phi) is 4.28. The van der Waals surface area contributed by atoms with Gasteiger partial charge in [0.2, 0.25) is 6.41 Å². The van der Waals surface area contributed by atoms with Crippen LogP contribution >= 0.6 is 0 Å². The van der Waals surface area contributed by atoms with Crippen molar-refractivity contribution in [2.75, 3.05) is 11.9 Å². The summed E-state index contributed by atoms with van der Waals surface area (Å²) in [5.74, 6) is 0.0513. The van der Waals surface area contributed by atoms with Crippen LogP contribution in [0.2, 0.25) is 0 Å². The van der Waals surface area contributed by atoms with Gasteiger partial charge in [-0.2, -0.15) is 0 Å². The quantitative estimate of drug-likeness (QED) is 0.701. The first-order valence-electron chi connectivity index (χ1n) is 4.73. The van der Waals surface area contributed by atoms with Crippen LogP contribution < -0.4 is 10.6 Å². The van der Waals surface area contributed by atoms with Crippen LogP contribution in [0.5, 0.6) is 0 Å². The second-order valence-electron chi connectivity index (χ2n) is 2.92. The van der Waals surface area contributed by atoms with Crippen molar-refractivity contribution in [3.63, 3.8) is 0 Å². The third kappa shape index (κ3) is 3.05. The molecule has 5 heteroatoms. The minimum Gasteiger partial charge on any atom is -0.352 e. The minimum absolute atomic E-state index is 0.227. The van der Waals surface area contributed by atoms with E-state index in [0.717, 1.165) is 6.42 Å². The van der Waals surface area contributed by atoms with Crippen molar-refractivity contribution in [1.29, 1.82) is 0 Å². The lowest BCUT2D eigenvalue weighted by Crippen LogP contribution is -2.25. The van der Waals surface area contributed by atoms with Crippen molar-refractivity contribution >= 4 is 18.1 Å². The van der Waals surface area contributed by atoms with Crippen molar-refractivity contribution in [3.8, 4) is 0 Å². The normalized spacial score (nSPS) is 9.40. The standard InChI is InChI=1S/C10H13N3O2/c1-2-5-12-10(15)8-4-3-6-11-9(8)13-7-14/h3-4,6-7H,2,5H2,1H3,(H,12,15)(H,11,13,14). The summed E-state index contributed by atoms with van der Waals surface area (Å²) in [5, 5.41) is 5.09. The highest BCUT2D eigenvalue weighted by Gasteiger charge is 2.10. The molecule has 2 amide bonds. The van der Waals surface area contributed by atoms with Gasteiger partial charge in [-0.1, -0.05) is 6.92 Å². The van der Waals surface area contributed by atoms with Gasteiger partial charge in [0.25, 0.3) is 5.91 Å². The number of amides is 2. The Hall–Kier alpha value is -1.91. The number of nitrogens with one attached hydrogen (secondary N) is 2. The van der Waals surface area contributed by atoms with Crippen LogP contribution in [-0.2, 0) is 4.79 Å². The van der Waals surface area contributed by atoms with Crippen LogP contribution in [0.1, 0.15) is 23.7 Å². The minimum atomic E-state index is -0.227. The summed E-state index contributed by atoms with van der Waals surface area (Å²) in [6.45, 7) is 2.57. The molecule has 0 aliphatic rings. The molecule has 1 rings (SSSR count). The predicted molar refractivity (Wildman–Crippen MR) is 56.5 cm³/mol. The van der Waals surface area contributed by atoms with Gasteiger partial charge in [0.05, 0.1) is 5.56 Å². The molecule has 0 unspecified atom stereocenters. The highest BCUT2D eigenvalue weighted by molar-refractivity contribution is 6.00. The van der Waals surface area contributed by atoms with E-state index in [9.17, 15) is 9.59 Å². The van der Waals surface area contributed by atoms with E-state index < -0.39 is 0 Å². The SMILES string of the molecule is CCCNC(=O)c1cccnc1NC=O. The number of hydrogen-bond donors (Lipinski definition) is 2. The van der Waals surface area contributed by atoms with Crippen molar-refractivity contribution in [1.82, 2.24) is 10.3 Å². The molecule has 0 aromatic carbocycles. The second-order valence-corrected chi connectivity index (χ2v) is 2.92. The van der Waals surface area contributed by atoms with Gasteiger partial charge in [0.15, 0.2) is 0 Å². The maximum atomic E-state index is 11.6. The third-order valence-corrected chi connectivity index (χ3v) is 1.78. The fourth-order valence-corrected chi connectivity index (χ4v) is 1.09. The van der Waals surface area contributed by atoms with Gasteiger partial charge in [-0.05, 0) is 18.6 Å². The number of rotatable bonds is 5. The summed E-state index contributed by atoms with van der Waals surface area (Å²) in [6, 6.07) is 3.26. The Morgan fingerprint density at radius 1 is 1.60 bits per heavy atom. The highest BCUT2D eigenvalue weighted by Crippen LogP contribution is 2.09. The number of carbonyl (C=O) groups excluding carboxylic acids is 2. The second kappa shape index (κ2) is 5.74. The molecular formula is C10H13N3O2. The maximum Gasteiger partial charge on any atom is 0.255 e. The zero-order chi connectivity index (χ0) is 11.1. The topological polar surface area (TPSA) is 71.1 Å².